The molecule has 0 bridgehead atoms. The maximum Gasteiger partial charge on any atom is 0.251 e. The standard InChI is InChI=1S/C31H45N5OS/c1-22(2)11-10-15-32-16-14-28(18-25-12-8-7-9-13-25)34-31(37)26-19-29(33-21-27-17-24(27)5)35-30(20-26)36(6)38-23(3)4/h7-9,12-13,19-20,22-24,27-28,32H,14-18,21H2,1-6H3,(H,33,35)(H,34,37)/t24-,27+,28+/m0/s1. The van der Waals surface area contributed by atoms with Gasteiger partial charge in [0, 0.05) is 36.4 Å². The van der Waals surface area contributed by atoms with Crippen molar-refractivity contribution in [3.8, 4) is 11.8 Å². The number of hydrogen-bond acceptors (Lipinski definition) is 6. The summed E-state index contributed by atoms with van der Waals surface area (Å²) in [6.45, 7) is 13.1. The van der Waals surface area contributed by atoms with Gasteiger partial charge in [0.05, 0.1) is 6.54 Å². The maximum atomic E-state index is 13.6. The number of anilines is 2. The van der Waals surface area contributed by atoms with Crippen LogP contribution in [0.25, 0.3) is 0 Å². The summed E-state index contributed by atoms with van der Waals surface area (Å²) >= 11 is 1.70. The monoisotopic (exact) mass is 535 g/mol. The molecule has 1 saturated carbocycles. The number of carbonyl (C=O) groups is 1. The summed E-state index contributed by atoms with van der Waals surface area (Å²) in [6.07, 6.45) is 2.84. The van der Waals surface area contributed by atoms with Crippen molar-refractivity contribution in [3.63, 3.8) is 0 Å². The lowest BCUT2D eigenvalue weighted by Gasteiger charge is -2.22. The van der Waals surface area contributed by atoms with Crippen molar-refractivity contribution in [3.05, 3.63) is 53.6 Å². The molecule has 1 aliphatic rings. The Bertz CT molecular complexity index is 1080. The van der Waals surface area contributed by atoms with Gasteiger partial charge in [-0.05, 0) is 67.3 Å². The molecule has 0 radical (unpaired) electrons. The highest BCUT2D eigenvalue weighted by atomic mass is 32.2. The van der Waals surface area contributed by atoms with Gasteiger partial charge in [0.1, 0.15) is 11.6 Å². The van der Waals surface area contributed by atoms with Crippen molar-refractivity contribution in [2.45, 2.75) is 65.2 Å². The number of amides is 1. The van der Waals surface area contributed by atoms with Gasteiger partial charge in [-0.1, -0.05) is 76.8 Å². The van der Waals surface area contributed by atoms with E-state index in [0.29, 0.717) is 29.2 Å². The number of benzene rings is 1. The van der Waals surface area contributed by atoms with Gasteiger partial charge < -0.3 is 20.3 Å². The van der Waals surface area contributed by atoms with Crippen LogP contribution in [0.3, 0.4) is 0 Å². The molecular weight excluding hydrogens is 490 g/mol. The lowest BCUT2D eigenvalue weighted by atomic mass is 10.0. The highest BCUT2D eigenvalue weighted by Gasteiger charge is 2.32. The van der Waals surface area contributed by atoms with Gasteiger partial charge in [-0.3, -0.25) is 4.79 Å². The molecule has 206 valence electrons. The van der Waals surface area contributed by atoms with Gasteiger partial charge >= 0.3 is 0 Å². The van der Waals surface area contributed by atoms with Crippen LogP contribution in [0.15, 0.2) is 42.5 Å². The van der Waals surface area contributed by atoms with E-state index < -0.39 is 0 Å². The Hall–Kier alpha value is -2.69. The van der Waals surface area contributed by atoms with E-state index in [0.717, 1.165) is 43.5 Å². The predicted octanol–water partition coefficient (Wildman–Crippen LogP) is 5.62. The van der Waals surface area contributed by atoms with Crippen LogP contribution in [0.5, 0.6) is 0 Å². The molecular formula is C31H45N5OS. The molecule has 1 aliphatic carbocycles. The van der Waals surface area contributed by atoms with E-state index in [-0.39, 0.29) is 11.9 Å². The summed E-state index contributed by atoms with van der Waals surface area (Å²) in [4.78, 5) is 18.4. The minimum Gasteiger partial charge on any atom is -0.370 e. The second-order valence-corrected chi connectivity index (χ2v) is 12.6. The van der Waals surface area contributed by atoms with Crippen LogP contribution in [0.4, 0.5) is 11.6 Å². The third-order valence-corrected chi connectivity index (χ3v) is 7.45. The van der Waals surface area contributed by atoms with Crippen molar-refractivity contribution in [2.75, 3.05) is 36.3 Å². The molecule has 6 nitrogen and oxygen atoms in total. The fourth-order valence-electron chi connectivity index (χ4n) is 4.26. The quantitative estimate of drug-likeness (QED) is 0.166. The molecule has 2 aromatic rings. The molecule has 1 aromatic heterocycles. The molecule has 38 heavy (non-hydrogen) atoms. The summed E-state index contributed by atoms with van der Waals surface area (Å²) in [5.74, 6) is 9.65. The first kappa shape index (κ1) is 29.9. The molecule has 3 atom stereocenters. The van der Waals surface area contributed by atoms with E-state index in [2.05, 4.69) is 78.8 Å². The average Bonchev–Trinajstić information content (AvgIpc) is 3.59. The summed E-state index contributed by atoms with van der Waals surface area (Å²) in [6, 6.07) is 14.1. The van der Waals surface area contributed by atoms with Gasteiger partial charge in [-0.15, -0.1) is 0 Å². The molecule has 1 heterocycles. The molecule has 1 fully saturated rings. The number of carbonyl (C=O) groups excluding carboxylic acids is 1. The van der Waals surface area contributed by atoms with E-state index in [1.807, 2.05) is 37.4 Å². The highest BCUT2D eigenvalue weighted by Crippen LogP contribution is 2.37. The van der Waals surface area contributed by atoms with Crippen molar-refractivity contribution in [1.29, 1.82) is 0 Å². The molecule has 1 aromatic carbocycles. The smallest absolute Gasteiger partial charge is 0.251 e. The van der Waals surface area contributed by atoms with Crippen LogP contribution < -0.4 is 20.3 Å². The number of aromatic nitrogens is 1. The summed E-state index contributed by atoms with van der Waals surface area (Å²) < 4.78 is 2.05. The minimum atomic E-state index is -0.0695. The maximum absolute atomic E-state index is 13.6. The lowest BCUT2D eigenvalue weighted by molar-refractivity contribution is 0.0935. The van der Waals surface area contributed by atoms with Crippen LogP contribution in [0, 0.1) is 29.6 Å². The van der Waals surface area contributed by atoms with Crippen LogP contribution in [-0.4, -0.2) is 48.9 Å². The van der Waals surface area contributed by atoms with E-state index >= 15 is 0 Å². The number of nitrogens with zero attached hydrogens (tertiary/aromatic N) is 2. The molecule has 0 aliphatic heterocycles. The molecule has 1 amide bonds. The van der Waals surface area contributed by atoms with Crippen LogP contribution in [0.1, 0.15) is 63.4 Å². The number of hydrogen-bond donors (Lipinski definition) is 3. The Kier molecular flexibility index (Phi) is 11.8. The Morgan fingerprint density at radius 2 is 1.92 bits per heavy atom. The second kappa shape index (κ2) is 15.0. The largest absolute Gasteiger partial charge is 0.370 e. The molecule has 3 rings (SSSR count). The fourth-order valence-corrected chi connectivity index (χ4v) is 5.10. The third-order valence-electron chi connectivity index (χ3n) is 6.52. The van der Waals surface area contributed by atoms with Crippen molar-refractivity contribution in [2.24, 2.45) is 17.8 Å². The molecule has 7 heteroatoms. The fraction of sp³-hybridized carbons (Fsp3) is 0.548. The molecule has 0 saturated heterocycles. The number of pyridine rings is 1. The Balaban J connectivity index is 1.72. The first-order valence-electron chi connectivity index (χ1n) is 13.9. The summed E-state index contributed by atoms with van der Waals surface area (Å²) in [7, 11) is 2.01. The molecule has 3 N–H and O–H groups in total. The topological polar surface area (TPSA) is 69.3 Å². The minimum absolute atomic E-state index is 0.00133. The number of nitrogens with one attached hydrogen (secondary N) is 3. The van der Waals surface area contributed by atoms with E-state index in [1.165, 1.54) is 12.0 Å². The Morgan fingerprint density at radius 1 is 1.18 bits per heavy atom. The van der Waals surface area contributed by atoms with E-state index in [9.17, 15) is 4.79 Å². The summed E-state index contributed by atoms with van der Waals surface area (Å²) in [5.41, 5.74) is 1.84. The van der Waals surface area contributed by atoms with Gasteiger partial charge in [-0.2, -0.15) is 0 Å². The van der Waals surface area contributed by atoms with Crippen molar-refractivity contribution >= 4 is 29.5 Å². The van der Waals surface area contributed by atoms with Crippen LogP contribution in [-0.2, 0) is 6.42 Å². The number of rotatable bonds is 14. The van der Waals surface area contributed by atoms with E-state index in [4.69, 9.17) is 4.98 Å². The highest BCUT2D eigenvalue weighted by molar-refractivity contribution is 8.01. The average molecular weight is 536 g/mol. The predicted molar refractivity (Wildman–Crippen MR) is 163 cm³/mol. The first-order valence-corrected chi connectivity index (χ1v) is 14.7. The SMILES string of the molecule is CC(C)C#CCNCC[C@H](Cc1ccccc1)NC(=O)c1cc(NC[C@H]2C[C@@H]2C)nc(N(C)SC(C)C)c1. The van der Waals surface area contributed by atoms with Crippen molar-refractivity contribution < 1.29 is 4.79 Å². The van der Waals surface area contributed by atoms with Crippen LogP contribution >= 0.6 is 11.9 Å². The first-order chi connectivity index (χ1) is 18.2. The zero-order chi connectivity index (χ0) is 27.5. The van der Waals surface area contributed by atoms with Gasteiger partial charge in [0.2, 0.25) is 0 Å². The zero-order valence-corrected chi connectivity index (χ0v) is 24.7. The Morgan fingerprint density at radius 3 is 2.58 bits per heavy atom. The molecule has 0 spiro atoms. The van der Waals surface area contributed by atoms with Gasteiger partial charge in [0.15, 0.2) is 0 Å². The molecule has 0 unspecified atom stereocenters. The van der Waals surface area contributed by atoms with Crippen molar-refractivity contribution in [1.82, 2.24) is 15.6 Å². The lowest BCUT2D eigenvalue weighted by Crippen LogP contribution is -2.38. The zero-order valence-electron chi connectivity index (χ0n) is 23.9. The van der Waals surface area contributed by atoms with Gasteiger partial charge in [0.25, 0.3) is 5.91 Å². The van der Waals surface area contributed by atoms with E-state index in [1.54, 1.807) is 11.9 Å². The second-order valence-electron chi connectivity index (χ2n) is 10.9. The normalized spacial score (nSPS) is 17.1. The third kappa shape index (κ3) is 10.6. The Labute approximate surface area is 234 Å². The van der Waals surface area contributed by atoms with Gasteiger partial charge in [-0.25, -0.2) is 4.98 Å². The van der Waals surface area contributed by atoms with Crippen LogP contribution in [0.2, 0.25) is 0 Å². The summed E-state index contributed by atoms with van der Waals surface area (Å²) in [5, 5.41) is 10.6.